The molecule has 6 heteroatoms. The van der Waals surface area contributed by atoms with Gasteiger partial charge in [0.15, 0.2) is 9.84 Å². The maximum absolute atomic E-state index is 13.0. The smallest absolute Gasteiger partial charge is 0.185 e. The first kappa shape index (κ1) is 18.6. The van der Waals surface area contributed by atoms with Crippen molar-refractivity contribution >= 4 is 9.84 Å². The Morgan fingerprint density at radius 3 is 2.25 bits per heavy atom. The van der Waals surface area contributed by atoms with Crippen LogP contribution >= 0.6 is 0 Å². The highest BCUT2D eigenvalue weighted by Crippen LogP contribution is 2.28. The van der Waals surface area contributed by atoms with Crippen LogP contribution in [0.25, 0.3) is 0 Å². The van der Waals surface area contributed by atoms with Crippen molar-refractivity contribution in [2.75, 3.05) is 0 Å². The topological polar surface area (TPSA) is 64.8 Å². The van der Waals surface area contributed by atoms with Gasteiger partial charge in [0.05, 0.1) is 10.4 Å². The molecule has 24 heavy (non-hydrogen) atoms. The Hall–Kier alpha value is -1.69. The van der Waals surface area contributed by atoms with Crippen LogP contribution in [0.1, 0.15) is 58.5 Å². The molecule has 0 fully saturated rings. The van der Waals surface area contributed by atoms with Crippen LogP contribution in [-0.2, 0) is 26.5 Å². The van der Waals surface area contributed by atoms with Gasteiger partial charge in [-0.25, -0.2) is 18.1 Å². The molecule has 0 bridgehead atoms. The highest BCUT2D eigenvalue weighted by molar-refractivity contribution is 7.90. The summed E-state index contributed by atoms with van der Waals surface area (Å²) in [5.41, 5.74) is 1.33. The molecule has 0 N–H and O–H groups in total. The molecule has 0 aliphatic heterocycles. The van der Waals surface area contributed by atoms with E-state index < -0.39 is 9.84 Å². The lowest BCUT2D eigenvalue weighted by atomic mass is 9.87. The number of hydrogen-bond donors (Lipinski definition) is 0. The van der Waals surface area contributed by atoms with Crippen molar-refractivity contribution in [2.45, 2.75) is 70.1 Å². The van der Waals surface area contributed by atoms with Crippen LogP contribution in [0.3, 0.4) is 0 Å². The predicted molar refractivity (Wildman–Crippen MR) is 95.8 cm³/mol. The average Bonchev–Trinajstić information content (AvgIpc) is 2.84. The maximum atomic E-state index is 13.0. The highest BCUT2D eigenvalue weighted by atomic mass is 32.2. The SMILES string of the molecule is Cc1ccc(C(C)(C)C)cc1S(=O)(=O)Cc1ncnn1C(C)(C)C. The molecule has 5 nitrogen and oxygen atoms in total. The van der Waals surface area contributed by atoms with Crippen LogP contribution in [0.4, 0.5) is 0 Å². The molecule has 1 aromatic heterocycles. The van der Waals surface area contributed by atoms with Crippen LogP contribution in [-0.4, -0.2) is 23.2 Å². The van der Waals surface area contributed by atoms with E-state index in [0.29, 0.717) is 10.7 Å². The summed E-state index contributed by atoms with van der Waals surface area (Å²) in [6, 6.07) is 5.66. The minimum atomic E-state index is -3.50. The van der Waals surface area contributed by atoms with Crippen molar-refractivity contribution in [1.82, 2.24) is 14.8 Å². The molecule has 0 unspecified atom stereocenters. The zero-order chi connectivity index (χ0) is 18.3. The number of benzene rings is 1. The van der Waals surface area contributed by atoms with Crippen molar-refractivity contribution in [1.29, 1.82) is 0 Å². The molecular formula is C18H27N3O2S. The second-order valence-corrected chi connectivity index (χ2v) is 10.2. The Labute approximate surface area is 145 Å². The van der Waals surface area contributed by atoms with Gasteiger partial charge in [-0.3, -0.25) is 0 Å². The molecule has 1 heterocycles. The molecule has 132 valence electrons. The van der Waals surface area contributed by atoms with Crippen LogP contribution in [0.2, 0.25) is 0 Å². The second-order valence-electron chi connectivity index (χ2n) is 8.25. The zero-order valence-electron chi connectivity index (χ0n) is 15.6. The monoisotopic (exact) mass is 349 g/mol. The summed E-state index contributed by atoms with van der Waals surface area (Å²) in [7, 11) is -3.50. The first-order valence-corrected chi connectivity index (χ1v) is 9.71. The predicted octanol–water partition coefficient (Wildman–Crippen LogP) is 3.61. The molecule has 0 saturated heterocycles. The van der Waals surface area contributed by atoms with E-state index in [4.69, 9.17) is 0 Å². The Morgan fingerprint density at radius 1 is 1.08 bits per heavy atom. The number of rotatable bonds is 3. The Kier molecular flexibility index (Phi) is 4.65. The lowest BCUT2D eigenvalue weighted by Gasteiger charge is -2.22. The third-order valence-electron chi connectivity index (χ3n) is 3.96. The van der Waals surface area contributed by atoms with Crippen LogP contribution in [0.5, 0.6) is 0 Å². The summed E-state index contributed by atoms with van der Waals surface area (Å²) in [5, 5.41) is 4.19. The highest BCUT2D eigenvalue weighted by Gasteiger charge is 2.26. The fraction of sp³-hybridized carbons (Fsp3) is 0.556. The summed E-state index contributed by atoms with van der Waals surface area (Å²) < 4.78 is 27.7. The van der Waals surface area contributed by atoms with Crippen molar-refractivity contribution in [3.05, 3.63) is 41.5 Å². The first-order valence-electron chi connectivity index (χ1n) is 8.05. The second kappa shape index (κ2) is 5.99. The first-order chi connectivity index (χ1) is 10.8. The van der Waals surface area contributed by atoms with Gasteiger partial charge < -0.3 is 0 Å². The molecule has 2 rings (SSSR count). The maximum Gasteiger partial charge on any atom is 0.185 e. The molecule has 0 saturated carbocycles. The lowest BCUT2D eigenvalue weighted by Crippen LogP contribution is -2.27. The van der Waals surface area contributed by atoms with Crippen LogP contribution < -0.4 is 0 Å². The quantitative estimate of drug-likeness (QED) is 0.849. The van der Waals surface area contributed by atoms with Crippen LogP contribution in [0, 0.1) is 6.92 Å². The molecule has 0 spiro atoms. The number of hydrogen-bond acceptors (Lipinski definition) is 4. The van der Waals surface area contributed by atoms with Crippen LogP contribution in [0.15, 0.2) is 29.4 Å². The summed E-state index contributed by atoms with van der Waals surface area (Å²) in [6.45, 7) is 14.0. The van der Waals surface area contributed by atoms with E-state index in [0.717, 1.165) is 11.1 Å². The molecular weight excluding hydrogens is 322 g/mol. The van der Waals surface area contributed by atoms with E-state index in [9.17, 15) is 8.42 Å². The van der Waals surface area contributed by atoms with Gasteiger partial charge in [-0.1, -0.05) is 32.9 Å². The molecule has 0 aliphatic rings. The Morgan fingerprint density at radius 2 is 1.71 bits per heavy atom. The van der Waals surface area contributed by atoms with E-state index in [-0.39, 0.29) is 16.7 Å². The summed E-state index contributed by atoms with van der Waals surface area (Å²) >= 11 is 0. The van der Waals surface area contributed by atoms with E-state index in [1.54, 1.807) is 10.7 Å². The molecule has 1 aromatic carbocycles. The largest absolute Gasteiger partial charge is 0.244 e. The fourth-order valence-corrected chi connectivity index (χ4v) is 4.13. The molecule has 0 radical (unpaired) electrons. The van der Waals surface area contributed by atoms with Gasteiger partial charge in [0, 0.05) is 0 Å². The van der Waals surface area contributed by atoms with E-state index in [2.05, 4.69) is 30.9 Å². The van der Waals surface area contributed by atoms with Crippen molar-refractivity contribution in [3.63, 3.8) is 0 Å². The summed E-state index contributed by atoms with van der Waals surface area (Å²) in [6.07, 6.45) is 1.41. The van der Waals surface area contributed by atoms with Gasteiger partial charge in [-0.2, -0.15) is 5.10 Å². The number of sulfone groups is 1. The lowest BCUT2D eigenvalue weighted by molar-refractivity contribution is 0.345. The Balaban J connectivity index is 2.48. The average molecular weight is 350 g/mol. The van der Waals surface area contributed by atoms with Crippen molar-refractivity contribution in [2.24, 2.45) is 0 Å². The van der Waals surface area contributed by atoms with E-state index >= 15 is 0 Å². The van der Waals surface area contributed by atoms with E-state index in [1.165, 1.54) is 6.33 Å². The van der Waals surface area contributed by atoms with Gasteiger partial charge in [-0.05, 0) is 50.3 Å². The van der Waals surface area contributed by atoms with Crippen molar-refractivity contribution in [3.8, 4) is 0 Å². The minimum absolute atomic E-state index is 0.108. The van der Waals surface area contributed by atoms with E-state index in [1.807, 2.05) is 39.8 Å². The van der Waals surface area contributed by atoms with Gasteiger partial charge in [-0.15, -0.1) is 0 Å². The standard InChI is InChI=1S/C18H27N3O2S/c1-13-8-9-14(17(2,3)4)10-15(13)24(22,23)11-16-19-12-20-21(16)18(5,6)7/h8-10,12H,11H2,1-7H3. The number of aromatic nitrogens is 3. The Bertz CT molecular complexity index is 838. The fourth-order valence-electron chi connectivity index (χ4n) is 2.57. The number of aryl methyl sites for hydroxylation is 1. The summed E-state index contributed by atoms with van der Waals surface area (Å²) in [5.74, 6) is 0.307. The molecule has 0 aliphatic carbocycles. The molecule has 0 amide bonds. The third-order valence-corrected chi connectivity index (χ3v) is 5.71. The van der Waals surface area contributed by atoms with Gasteiger partial charge in [0.25, 0.3) is 0 Å². The molecule has 2 aromatic rings. The van der Waals surface area contributed by atoms with Gasteiger partial charge in [0.1, 0.15) is 17.9 Å². The van der Waals surface area contributed by atoms with Gasteiger partial charge in [0.2, 0.25) is 0 Å². The van der Waals surface area contributed by atoms with Crippen molar-refractivity contribution < 1.29 is 8.42 Å². The summed E-state index contributed by atoms with van der Waals surface area (Å²) in [4.78, 5) is 4.54. The third kappa shape index (κ3) is 3.86. The van der Waals surface area contributed by atoms with Gasteiger partial charge >= 0.3 is 0 Å². The number of nitrogens with zero attached hydrogens (tertiary/aromatic N) is 3. The normalized spacial score (nSPS) is 13.3. The zero-order valence-corrected chi connectivity index (χ0v) is 16.4. The molecule has 0 atom stereocenters. The minimum Gasteiger partial charge on any atom is -0.244 e.